The van der Waals surface area contributed by atoms with Gasteiger partial charge in [0.15, 0.2) is 0 Å². The molecule has 27 heavy (non-hydrogen) atoms. The molecule has 7 heteroatoms. The lowest BCUT2D eigenvalue weighted by atomic mass is 9.56. The van der Waals surface area contributed by atoms with Gasteiger partial charge < -0.3 is 5.32 Å². The van der Waals surface area contributed by atoms with E-state index in [0.29, 0.717) is 24.4 Å². The number of imide groups is 1. The van der Waals surface area contributed by atoms with Crippen molar-refractivity contribution in [3.05, 3.63) is 11.3 Å². The fourth-order valence-corrected chi connectivity index (χ4v) is 5.38. The third kappa shape index (κ3) is 2.26. The first-order valence-electron chi connectivity index (χ1n) is 9.90. The lowest BCUT2D eigenvalue weighted by Gasteiger charge is -2.46. The molecule has 0 bridgehead atoms. The first-order chi connectivity index (χ1) is 12.6. The Bertz CT molecular complexity index is 860. The molecule has 1 aromatic rings. The van der Waals surface area contributed by atoms with E-state index in [-0.39, 0.29) is 29.2 Å². The fourth-order valence-electron chi connectivity index (χ4n) is 5.38. The molecule has 1 saturated carbocycles. The van der Waals surface area contributed by atoms with Crippen molar-refractivity contribution in [1.29, 1.82) is 0 Å². The van der Waals surface area contributed by atoms with Crippen LogP contribution in [0.1, 0.15) is 64.6 Å². The van der Waals surface area contributed by atoms with Gasteiger partial charge in [-0.2, -0.15) is 5.10 Å². The summed E-state index contributed by atoms with van der Waals surface area (Å²) in [4.78, 5) is 39.2. The van der Waals surface area contributed by atoms with E-state index < -0.39 is 5.54 Å². The number of nitrogens with one attached hydrogen (secondary N) is 1. The van der Waals surface area contributed by atoms with Gasteiger partial charge in [0.2, 0.25) is 0 Å². The van der Waals surface area contributed by atoms with Crippen molar-refractivity contribution in [2.24, 2.45) is 18.9 Å². The number of ketones is 1. The molecule has 0 spiro atoms. The van der Waals surface area contributed by atoms with E-state index in [2.05, 4.69) is 12.2 Å². The summed E-state index contributed by atoms with van der Waals surface area (Å²) in [6.45, 7) is 7.88. The van der Waals surface area contributed by atoms with Gasteiger partial charge in [-0.1, -0.05) is 20.8 Å². The van der Waals surface area contributed by atoms with E-state index in [1.807, 2.05) is 13.8 Å². The van der Waals surface area contributed by atoms with Crippen molar-refractivity contribution in [3.8, 4) is 0 Å². The third-order valence-electron chi connectivity index (χ3n) is 7.36. The maximum Gasteiger partial charge on any atom is 0.330 e. The predicted octanol–water partition coefficient (Wildman–Crippen LogP) is 2.46. The van der Waals surface area contributed by atoms with Crippen LogP contribution in [-0.4, -0.2) is 33.0 Å². The van der Waals surface area contributed by atoms with E-state index in [9.17, 15) is 14.4 Å². The minimum atomic E-state index is -0.874. The Morgan fingerprint density at radius 3 is 2.56 bits per heavy atom. The number of aryl methyl sites for hydroxylation is 1. The number of Topliss-reactive ketones (excluding diaryl/α,β-unsaturated/α-hetero) is 1. The molecule has 1 aromatic heterocycles. The molecule has 1 unspecified atom stereocenters. The zero-order valence-corrected chi connectivity index (χ0v) is 16.8. The van der Waals surface area contributed by atoms with Crippen LogP contribution in [0.2, 0.25) is 0 Å². The molecule has 2 aliphatic carbocycles. The Morgan fingerprint density at radius 2 is 1.93 bits per heavy atom. The number of aromatic nitrogens is 2. The minimum absolute atomic E-state index is 0.0301. The van der Waals surface area contributed by atoms with E-state index in [1.54, 1.807) is 18.7 Å². The van der Waals surface area contributed by atoms with Crippen molar-refractivity contribution in [1.82, 2.24) is 15.1 Å². The summed E-state index contributed by atoms with van der Waals surface area (Å²) in [5, 5.41) is 7.62. The molecule has 4 rings (SSSR count). The highest BCUT2D eigenvalue weighted by atomic mass is 16.2. The van der Waals surface area contributed by atoms with Crippen molar-refractivity contribution >= 4 is 23.5 Å². The molecule has 1 aliphatic heterocycles. The maximum absolute atomic E-state index is 13.0. The van der Waals surface area contributed by atoms with Crippen molar-refractivity contribution < 1.29 is 14.4 Å². The Morgan fingerprint density at radius 1 is 1.22 bits per heavy atom. The van der Waals surface area contributed by atoms with Gasteiger partial charge in [-0.25, -0.2) is 9.69 Å². The highest BCUT2D eigenvalue weighted by Crippen LogP contribution is 2.52. The SMILES string of the molecule is CCC1(C)NC(=O)N(c2c3c(nn2C)[C@@]2(C)CCC(=O)[C@@H](C)[C@@H]2CC3)C1=O. The molecule has 0 radical (unpaired) electrons. The average Bonchev–Trinajstić information content (AvgIpc) is 3.06. The zero-order chi connectivity index (χ0) is 19.7. The first kappa shape index (κ1) is 18.2. The number of hydrogen-bond donors (Lipinski definition) is 1. The second-order valence-electron chi connectivity index (χ2n) is 8.85. The number of nitrogens with zero attached hydrogens (tertiary/aromatic N) is 3. The lowest BCUT2D eigenvalue weighted by molar-refractivity contribution is -0.128. The number of rotatable bonds is 2. The summed E-state index contributed by atoms with van der Waals surface area (Å²) in [6, 6.07) is -0.380. The number of hydrogen-bond acceptors (Lipinski definition) is 4. The molecule has 7 nitrogen and oxygen atoms in total. The minimum Gasteiger partial charge on any atom is -0.323 e. The average molecular weight is 372 g/mol. The number of urea groups is 1. The first-order valence-corrected chi connectivity index (χ1v) is 9.90. The molecule has 4 atom stereocenters. The number of carbonyl (C=O) groups is 3. The normalized spacial score (nSPS) is 35.9. The Kier molecular flexibility index (Phi) is 3.81. The van der Waals surface area contributed by atoms with Crippen LogP contribution in [0.3, 0.4) is 0 Å². The Hall–Kier alpha value is -2.18. The van der Waals surface area contributed by atoms with E-state index in [0.717, 1.165) is 30.5 Å². The summed E-state index contributed by atoms with van der Waals surface area (Å²) in [7, 11) is 1.80. The lowest BCUT2D eigenvalue weighted by Crippen LogP contribution is -2.47. The van der Waals surface area contributed by atoms with Crippen LogP contribution in [0.15, 0.2) is 0 Å². The maximum atomic E-state index is 13.0. The summed E-state index contributed by atoms with van der Waals surface area (Å²) < 4.78 is 1.68. The second kappa shape index (κ2) is 5.66. The molecule has 2 fully saturated rings. The fraction of sp³-hybridized carbons (Fsp3) is 0.700. The number of amides is 3. The van der Waals surface area contributed by atoms with E-state index >= 15 is 0 Å². The molecule has 1 saturated heterocycles. The van der Waals surface area contributed by atoms with Gasteiger partial charge in [-0.05, 0) is 38.5 Å². The smallest absolute Gasteiger partial charge is 0.323 e. The van der Waals surface area contributed by atoms with Gasteiger partial charge in [0.25, 0.3) is 5.91 Å². The standard InChI is InChI=1S/C20H28N4O3/c1-6-20(4)17(26)24(18(27)21-20)16-12-7-8-13-11(2)14(25)9-10-19(13,3)15(12)22-23(16)5/h11,13H,6-10H2,1-5H3,(H,21,27)/t11-,13-,19-,20?/m0/s1. The molecular weight excluding hydrogens is 344 g/mol. The van der Waals surface area contributed by atoms with Crippen LogP contribution >= 0.6 is 0 Å². The van der Waals surface area contributed by atoms with Gasteiger partial charge in [0, 0.05) is 30.4 Å². The van der Waals surface area contributed by atoms with Crippen LogP contribution in [0.25, 0.3) is 0 Å². The number of anilines is 1. The summed E-state index contributed by atoms with van der Waals surface area (Å²) in [5.74, 6) is 1.000. The highest BCUT2D eigenvalue weighted by molar-refractivity contribution is 6.23. The van der Waals surface area contributed by atoms with Gasteiger partial charge >= 0.3 is 6.03 Å². The molecule has 3 amide bonds. The second-order valence-corrected chi connectivity index (χ2v) is 8.85. The van der Waals surface area contributed by atoms with Crippen molar-refractivity contribution in [3.63, 3.8) is 0 Å². The van der Waals surface area contributed by atoms with E-state index in [4.69, 9.17) is 5.10 Å². The molecule has 1 N–H and O–H groups in total. The Balaban J connectivity index is 1.81. The van der Waals surface area contributed by atoms with Gasteiger partial charge in [-0.3, -0.25) is 14.3 Å². The van der Waals surface area contributed by atoms with Gasteiger partial charge in [-0.15, -0.1) is 0 Å². The van der Waals surface area contributed by atoms with Crippen LogP contribution in [0.4, 0.5) is 10.6 Å². The quantitative estimate of drug-likeness (QED) is 0.808. The topological polar surface area (TPSA) is 84.3 Å². The summed E-state index contributed by atoms with van der Waals surface area (Å²) in [6.07, 6.45) is 3.49. The monoisotopic (exact) mass is 372 g/mol. The van der Waals surface area contributed by atoms with Crippen LogP contribution in [0, 0.1) is 11.8 Å². The molecular formula is C20H28N4O3. The zero-order valence-electron chi connectivity index (χ0n) is 16.8. The third-order valence-corrected chi connectivity index (χ3v) is 7.36. The molecule has 3 aliphatic rings. The van der Waals surface area contributed by atoms with Crippen LogP contribution in [-0.2, 0) is 28.5 Å². The number of carbonyl (C=O) groups excluding carboxylic acids is 3. The van der Waals surface area contributed by atoms with Crippen molar-refractivity contribution in [2.45, 2.75) is 70.8 Å². The number of fused-ring (bicyclic) bond motifs is 3. The largest absolute Gasteiger partial charge is 0.330 e. The summed E-state index contributed by atoms with van der Waals surface area (Å²) in [5.41, 5.74) is 0.883. The van der Waals surface area contributed by atoms with Crippen molar-refractivity contribution in [2.75, 3.05) is 4.90 Å². The van der Waals surface area contributed by atoms with Gasteiger partial charge in [0.05, 0.1) is 5.69 Å². The Labute approximate surface area is 159 Å². The molecule has 0 aromatic carbocycles. The molecule has 146 valence electrons. The van der Waals surface area contributed by atoms with Gasteiger partial charge in [0.1, 0.15) is 17.1 Å². The van der Waals surface area contributed by atoms with Crippen LogP contribution in [0.5, 0.6) is 0 Å². The predicted molar refractivity (Wildman–Crippen MR) is 100 cm³/mol. The highest BCUT2D eigenvalue weighted by Gasteiger charge is 2.53. The molecule has 2 heterocycles. The van der Waals surface area contributed by atoms with E-state index in [1.165, 1.54) is 4.90 Å². The summed E-state index contributed by atoms with van der Waals surface area (Å²) >= 11 is 0. The van der Waals surface area contributed by atoms with Crippen LogP contribution < -0.4 is 10.2 Å².